The van der Waals surface area contributed by atoms with Crippen molar-refractivity contribution < 1.29 is 0 Å². The molecule has 1 aromatic heterocycles. The molecule has 0 aromatic carbocycles. The third-order valence-corrected chi connectivity index (χ3v) is 3.33. The lowest BCUT2D eigenvalue weighted by molar-refractivity contribution is 0.339. The highest BCUT2D eigenvalue weighted by Crippen LogP contribution is 2.39. The smallest absolute Gasteiger partial charge is 0.144 e. The average Bonchev–Trinajstić information content (AvgIpc) is 3.11. The number of nitrogens with zero attached hydrogens (tertiary/aromatic N) is 2. The average molecular weight is 215 g/mol. The van der Waals surface area contributed by atoms with Crippen LogP contribution in [0.1, 0.15) is 37.9 Å². The van der Waals surface area contributed by atoms with E-state index in [0.29, 0.717) is 5.69 Å². The molecule has 1 aliphatic carbocycles. The molecule has 84 valence electrons. The van der Waals surface area contributed by atoms with Gasteiger partial charge in [0.15, 0.2) is 0 Å². The standard InChI is InChI=1S/C13H17N3/c1-13(2,11-5-6-11)16-9-10-4-3-7-15-12(10)8-14/h3-4,7,11,16H,5-6,9H2,1-2H3. The molecule has 2 rings (SSSR count). The van der Waals surface area contributed by atoms with Crippen LogP contribution >= 0.6 is 0 Å². The van der Waals surface area contributed by atoms with Gasteiger partial charge in [0.1, 0.15) is 11.8 Å². The molecule has 0 saturated heterocycles. The van der Waals surface area contributed by atoms with E-state index in [-0.39, 0.29) is 5.54 Å². The summed E-state index contributed by atoms with van der Waals surface area (Å²) in [5, 5.41) is 12.4. The van der Waals surface area contributed by atoms with Crippen LogP contribution < -0.4 is 5.32 Å². The molecule has 1 saturated carbocycles. The van der Waals surface area contributed by atoms with Gasteiger partial charge in [-0.25, -0.2) is 4.98 Å². The maximum absolute atomic E-state index is 8.93. The molecule has 1 heterocycles. The number of aromatic nitrogens is 1. The van der Waals surface area contributed by atoms with Crippen molar-refractivity contribution in [2.75, 3.05) is 0 Å². The molecule has 0 spiro atoms. The van der Waals surface area contributed by atoms with Gasteiger partial charge in [0, 0.05) is 23.8 Å². The second-order valence-corrected chi connectivity index (χ2v) is 4.97. The zero-order chi connectivity index (χ0) is 11.6. The highest BCUT2D eigenvalue weighted by atomic mass is 15.0. The molecule has 0 unspecified atom stereocenters. The Morgan fingerprint density at radius 2 is 2.31 bits per heavy atom. The minimum absolute atomic E-state index is 0.169. The van der Waals surface area contributed by atoms with Crippen molar-refractivity contribution in [1.82, 2.24) is 10.3 Å². The number of pyridine rings is 1. The Hall–Kier alpha value is -1.40. The summed E-state index contributed by atoms with van der Waals surface area (Å²) in [7, 11) is 0. The molecule has 1 aliphatic rings. The first-order valence-electron chi connectivity index (χ1n) is 5.72. The van der Waals surface area contributed by atoms with Crippen molar-refractivity contribution in [3.63, 3.8) is 0 Å². The Kier molecular flexibility index (Phi) is 2.93. The highest BCUT2D eigenvalue weighted by Gasteiger charge is 2.37. The molecule has 0 radical (unpaired) electrons. The van der Waals surface area contributed by atoms with E-state index in [1.165, 1.54) is 12.8 Å². The van der Waals surface area contributed by atoms with Crippen molar-refractivity contribution in [3.05, 3.63) is 29.6 Å². The lowest BCUT2D eigenvalue weighted by atomic mass is 9.98. The first kappa shape index (κ1) is 11.1. The van der Waals surface area contributed by atoms with Crippen molar-refractivity contribution in [2.24, 2.45) is 5.92 Å². The van der Waals surface area contributed by atoms with Crippen LogP contribution in [0.3, 0.4) is 0 Å². The van der Waals surface area contributed by atoms with E-state index in [2.05, 4.69) is 30.2 Å². The first-order valence-corrected chi connectivity index (χ1v) is 5.72. The third-order valence-electron chi connectivity index (χ3n) is 3.33. The van der Waals surface area contributed by atoms with Crippen LogP contribution in [0.15, 0.2) is 18.3 Å². The largest absolute Gasteiger partial charge is 0.307 e. The van der Waals surface area contributed by atoms with Gasteiger partial charge >= 0.3 is 0 Å². The zero-order valence-corrected chi connectivity index (χ0v) is 9.83. The summed E-state index contributed by atoms with van der Waals surface area (Å²) in [6.07, 6.45) is 4.30. The van der Waals surface area contributed by atoms with Crippen LogP contribution in [-0.2, 0) is 6.54 Å². The van der Waals surface area contributed by atoms with Crippen molar-refractivity contribution in [2.45, 2.75) is 38.8 Å². The monoisotopic (exact) mass is 215 g/mol. The Bertz CT molecular complexity index is 413. The van der Waals surface area contributed by atoms with Crippen LogP contribution in [0, 0.1) is 17.2 Å². The van der Waals surface area contributed by atoms with Gasteiger partial charge < -0.3 is 5.32 Å². The summed E-state index contributed by atoms with van der Waals surface area (Å²) >= 11 is 0. The van der Waals surface area contributed by atoms with Gasteiger partial charge in [-0.05, 0) is 38.7 Å². The van der Waals surface area contributed by atoms with E-state index in [0.717, 1.165) is 18.0 Å². The van der Waals surface area contributed by atoms with Gasteiger partial charge in [-0.3, -0.25) is 0 Å². The normalized spacial score (nSPS) is 15.8. The van der Waals surface area contributed by atoms with Crippen LogP contribution in [0.4, 0.5) is 0 Å². The van der Waals surface area contributed by atoms with Crippen molar-refractivity contribution >= 4 is 0 Å². The first-order chi connectivity index (χ1) is 7.63. The summed E-state index contributed by atoms with van der Waals surface area (Å²) in [4.78, 5) is 4.06. The minimum Gasteiger partial charge on any atom is -0.307 e. The van der Waals surface area contributed by atoms with E-state index in [1.54, 1.807) is 6.20 Å². The fraction of sp³-hybridized carbons (Fsp3) is 0.538. The van der Waals surface area contributed by atoms with Crippen molar-refractivity contribution in [1.29, 1.82) is 5.26 Å². The van der Waals surface area contributed by atoms with E-state index in [4.69, 9.17) is 5.26 Å². The van der Waals surface area contributed by atoms with E-state index in [9.17, 15) is 0 Å². The predicted molar refractivity (Wildman–Crippen MR) is 62.6 cm³/mol. The van der Waals surface area contributed by atoms with Gasteiger partial charge in [0.05, 0.1) is 0 Å². The van der Waals surface area contributed by atoms with E-state index < -0.39 is 0 Å². The van der Waals surface area contributed by atoms with E-state index in [1.807, 2.05) is 12.1 Å². The quantitative estimate of drug-likeness (QED) is 0.838. The SMILES string of the molecule is CC(C)(NCc1cccnc1C#N)C1CC1. The van der Waals surface area contributed by atoms with E-state index >= 15 is 0 Å². The summed E-state index contributed by atoms with van der Waals surface area (Å²) in [5.41, 5.74) is 1.68. The fourth-order valence-electron chi connectivity index (χ4n) is 1.95. The molecule has 3 heteroatoms. The Balaban J connectivity index is 2.02. The second-order valence-electron chi connectivity index (χ2n) is 4.97. The summed E-state index contributed by atoms with van der Waals surface area (Å²) in [6.45, 7) is 5.18. The summed E-state index contributed by atoms with van der Waals surface area (Å²) in [6, 6.07) is 5.96. The van der Waals surface area contributed by atoms with Gasteiger partial charge in [-0.1, -0.05) is 6.07 Å². The van der Waals surface area contributed by atoms with Crippen LogP contribution in [0.2, 0.25) is 0 Å². The van der Waals surface area contributed by atoms with Crippen LogP contribution in [0.5, 0.6) is 0 Å². The Morgan fingerprint density at radius 1 is 1.56 bits per heavy atom. The second kappa shape index (κ2) is 4.23. The summed E-state index contributed by atoms with van der Waals surface area (Å²) in [5.74, 6) is 0.787. The molecule has 0 atom stereocenters. The number of nitrogens with one attached hydrogen (secondary N) is 1. The number of nitriles is 1. The molecule has 1 N–H and O–H groups in total. The molecular formula is C13H17N3. The lowest BCUT2D eigenvalue weighted by Gasteiger charge is -2.26. The maximum atomic E-state index is 8.93. The molecule has 1 fully saturated rings. The Labute approximate surface area is 96.5 Å². The zero-order valence-electron chi connectivity index (χ0n) is 9.83. The topological polar surface area (TPSA) is 48.7 Å². The fourth-order valence-corrected chi connectivity index (χ4v) is 1.95. The predicted octanol–water partition coefficient (Wildman–Crippen LogP) is 2.23. The number of rotatable bonds is 4. The lowest BCUT2D eigenvalue weighted by Crippen LogP contribution is -2.40. The van der Waals surface area contributed by atoms with Crippen molar-refractivity contribution in [3.8, 4) is 6.07 Å². The van der Waals surface area contributed by atoms with Gasteiger partial charge in [-0.15, -0.1) is 0 Å². The summed E-state index contributed by atoms with van der Waals surface area (Å²) < 4.78 is 0. The Morgan fingerprint density at radius 3 is 2.94 bits per heavy atom. The number of hydrogen-bond donors (Lipinski definition) is 1. The molecule has 3 nitrogen and oxygen atoms in total. The van der Waals surface area contributed by atoms with Gasteiger partial charge in [0.25, 0.3) is 0 Å². The molecule has 0 aliphatic heterocycles. The maximum Gasteiger partial charge on any atom is 0.144 e. The molecule has 0 amide bonds. The molecule has 16 heavy (non-hydrogen) atoms. The molecular weight excluding hydrogens is 198 g/mol. The minimum atomic E-state index is 0.169. The van der Waals surface area contributed by atoms with Gasteiger partial charge in [-0.2, -0.15) is 5.26 Å². The number of hydrogen-bond acceptors (Lipinski definition) is 3. The molecule has 0 bridgehead atoms. The van der Waals surface area contributed by atoms with Gasteiger partial charge in [0.2, 0.25) is 0 Å². The molecule has 1 aromatic rings. The highest BCUT2D eigenvalue weighted by molar-refractivity contribution is 5.30. The van der Waals surface area contributed by atoms with Crippen LogP contribution in [0.25, 0.3) is 0 Å². The third kappa shape index (κ3) is 2.40. The van der Waals surface area contributed by atoms with Crippen LogP contribution in [-0.4, -0.2) is 10.5 Å².